The van der Waals surface area contributed by atoms with Crippen LogP contribution < -0.4 is 4.90 Å². The molecule has 2 atom stereocenters. The number of hydrogen-bond acceptors (Lipinski definition) is 3. The highest BCUT2D eigenvalue weighted by atomic mass is 32.1. The molecular weight excluding hydrogens is 232 g/mol. The van der Waals surface area contributed by atoms with Gasteiger partial charge in [-0.05, 0) is 24.5 Å². The highest BCUT2D eigenvalue weighted by Gasteiger charge is 2.41. The average molecular weight is 246 g/mol. The van der Waals surface area contributed by atoms with Crippen molar-refractivity contribution >= 4 is 32.6 Å². The Balaban J connectivity index is 1.90. The summed E-state index contributed by atoms with van der Waals surface area (Å²) in [6, 6.07) is 7.98. The third kappa shape index (κ3) is 1.82. The largest absolute Gasteiger partial charge is 0.291 e. The topological polar surface area (TPSA) is 33.2 Å². The van der Waals surface area contributed by atoms with Crippen molar-refractivity contribution in [1.82, 2.24) is 4.98 Å². The van der Waals surface area contributed by atoms with E-state index in [4.69, 9.17) is 0 Å². The molecule has 0 N–H and O–H groups in total. The second-order valence-electron chi connectivity index (χ2n) is 4.68. The van der Waals surface area contributed by atoms with Gasteiger partial charge in [0.2, 0.25) is 5.91 Å². The van der Waals surface area contributed by atoms with Crippen LogP contribution in [0.2, 0.25) is 0 Å². The Morgan fingerprint density at radius 1 is 1.47 bits per heavy atom. The van der Waals surface area contributed by atoms with Gasteiger partial charge in [0, 0.05) is 13.0 Å². The molecule has 2 aromatic rings. The van der Waals surface area contributed by atoms with E-state index >= 15 is 0 Å². The first kappa shape index (κ1) is 10.7. The summed E-state index contributed by atoms with van der Waals surface area (Å²) in [7, 11) is 1.82. The van der Waals surface area contributed by atoms with Crippen molar-refractivity contribution in [1.29, 1.82) is 0 Å². The van der Waals surface area contributed by atoms with Crippen LogP contribution in [0.4, 0.5) is 5.13 Å². The quantitative estimate of drug-likeness (QED) is 0.816. The van der Waals surface area contributed by atoms with Gasteiger partial charge in [-0.3, -0.25) is 9.69 Å². The number of carbonyl (C=O) groups excluding carboxylic acids is 1. The van der Waals surface area contributed by atoms with Crippen LogP contribution in [0.15, 0.2) is 24.3 Å². The van der Waals surface area contributed by atoms with Crippen molar-refractivity contribution in [3.63, 3.8) is 0 Å². The maximum absolute atomic E-state index is 12.1. The summed E-state index contributed by atoms with van der Waals surface area (Å²) in [6.45, 7) is 2.12. The van der Waals surface area contributed by atoms with E-state index in [9.17, 15) is 4.79 Å². The summed E-state index contributed by atoms with van der Waals surface area (Å²) >= 11 is 1.57. The Kier molecular flexibility index (Phi) is 2.40. The summed E-state index contributed by atoms with van der Waals surface area (Å²) in [5.74, 6) is 0.961. The van der Waals surface area contributed by atoms with Gasteiger partial charge in [0.15, 0.2) is 5.13 Å². The Labute approximate surface area is 104 Å². The molecule has 0 aliphatic heterocycles. The molecule has 0 spiro atoms. The number of amides is 1. The molecule has 3 nitrogen and oxygen atoms in total. The SMILES string of the molecule is C[C@H]1C[C@H]1C(=O)N(C)c1nc2ccccc2s1. The van der Waals surface area contributed by atoms with Crippen LogP contribution in [-0.4, -0.2) is 17.9 Å². The van der Waals surface area contributed by atoms with Gasteiger partial charge < -0.3 is 0 Å². The Bertz CT molecular complexity index is 545. The Morgan fingerprint density at radius 2 is 2.18 bits per heavy atom. The van der Waals surface area contributed by atoms with Gasteiger partial charge in [-0.25, -0.2) is 4.98 Å². The van der Waals surface area contributed by atoms with Gasteiger partial charge >= 0.3 is 0 Å². The second kappa shape index (κ2) is 3.81. The van der Waals surface area contributed by atoms with E-state index in [-0.39, 0.29) is 11.8 Å². The fraction of sp³-hybridized carbons (Fsp3) is 0.385. The minimum atomic E-state index is 0.205. The van der Waals surface area contributed by atoms with Crippen molar-refractivity contribution < 1.29 is 4.79 Å². The zero-order valence-electron chi connectivity index (χ0n) is 9.88. The Hall–Kier alpha value is -1.42. The summed E-state index contributed by atoms with van der Waals surface area (Å²) < 4.78 is 1.13. The van der Waals surface area contributed by atoms with Crippen LogP contribution in [-0.2, 0) is 4.79 Å². The van der Waals surface area contributed by atoms with E-state index < -0.39 is 0 Å². The van der Waals surface area contributed by atoms with Gasteiger partial charge in [-0.15, -0.1) is 0 Å². The van der Waals surface area contributed by atoms with Crippen molar-refractivity contribution in [2.24, 2.45) is 11.8 Å². The molecule has 1 aliphatic rings. The number of hydrogen-bond donors (Lipinski definition) is 0. The van der Waals surface area contributed by atoms with E-state index in [0.29, 0.717) is 5.92 Å². The lowest BCUT2D eigenvalue weighted by atomic mass is 10.3. The average Bonchev–Trinajstić information content (AvgIpc) is 2.92. The first-order valence-electron chi connectivity index (χ1n) is 5.80. The van der Waals surface area contributed by atoms with Crippen LogP contribution in [0, 0.1) is 11.8 Å². The number of thiazole rings is 1. The molecule has 1 amide bonds. The predicted octanol–water partition coefficient (Wildman–Crippen LogP) is 2.92. The maximum atomic E-state index is 12.1. The molecule has 0 bridgehead atoms. The molecule has 1 aromatic heterocycles. The number of nitrogens with zero attached hydrogens (tertiary/aromatic N) is 2. The lowest BCUT2D eigenvalue weighted by Gasteiger charge is -2.12. The minimum Gasteiger partial charge on any atom is -0.291 e. The second-order valence-corrected chi connectivity index (χ2v) is 5.69. The number of anilines is 1. The predicted molar refractivity (Wildman–Crippen MR) is 70.3 cm³/mol. The van der Waals surface area contributed by atoms with Gasteiger partial charge in [0.25, 0.3) is 0 Å². The molecule has 0 radical (unpaired) electrons. The molecule has 17 heavy (non-hydrogen) atoms. The summed E-state index contributed by atoms with van der Waals surface area (Å²) in [5.41, 5.74) is 0.969. The van der Waals surface area contributed by atoms with E-state index in [1.807, 2.05) is 31.3 Å². The number of carbonyl (C=O) groups is 1. The van der Waals surface area contributed by atoms with E-state index in [1.54, 1.807) is 16.2 Å². The fourth-order valence-corrected chi connectivity index (χ4v) is 2.95. The van der Waals surface area contributed by atoms with Gasteiger partial charge in [-0.1, -0.05) is 30.4 Å². The summed E-state index contributed by atoms with van der Waals surface area (Å²) in [6.07, 6.45) is 1.02. The lowest BCUT2D eigenvalue weighted by molar-refractivity contribution is -0.119. The van der Waals surface area contributed by atoms with Crippen LogP contribution in [0.5, 0.6) is 0 Å². The third-order valence-electron chi connectivity index (χ3n) is 3.33. The highest BCUT2D eigenvalue weighted by molar-refractivity contribution is 7.22. The van der Waals surface area contributed by atoms with Crippen LogP contribution in [0.3, 0.4) is 0 Å². The lowest BCUT2D eigenvalue weighted by Crippen LogP contribution is -2.27. The maximum Gasteiger partial charge on any atom is 0.231 e. The standard InChI is InChI=1S/C13H14N2OS/c1-8-7-9(8)12(16)15(2)13-14-10-5-3-4-6-11(10)17-13/h3-6,8-9H,7H2,1-2H3/t8-,9+/m0/s1. The highest BCUT2D eigenvalue weighted by Crippen LogP contribution is 2.40. The van der Waals surface area contributed by atoms with E-state index in [0.717, 1.165) is 21.8 Å². The van der Waals surface area contributed by atoms with Crippen LogP contribution in [0.1, 0.15) is 13.3 Å². The molecule has 1 aromatic carbocycles. The van der Waals surface area contributed by atoms with E-state index in [2.05, 4.69) is 11.9 Å². The molecule has 0 unspecified atom stereocenters. The van der Waals surface area contributed by atoms with Crippen molar-refractivity contribution in [2.75, 3.05) is 11.9 Å². The number of rotatable bonds is 2. The smallest absolute Gasteiger partial charge is 0.231 e. The Morgan fingerprint density at radius 3 is 2.82 bits per heavy atom. The molecule has 88 valence electrons. The molecule has 1 fully saturated rings. The summed E-state index contributed by atoms with van der Waals surface area (Å²) in [5, 5.41) is 0.801. The molecule has 4 heteroatoms. The number of benzene rings is 1. The van der Waals surface area contributed by atoms with Gasteiger partial charge in [-0.2, -0.15) is 0 Å². The zero-order valence-corrected chi connectivity index (χ0v) is 10.7. The van der Waals surface area contributed by atoms with Crippen LogP contribution >= 0.6 is 11.3 Å². The number of aromatic nitrogens is 1. The monoisotopic (exact) mass is 246 g/mol. The van der Waals surface area contributed by atoms with Crippen molar-refractivity contribution in [2.45, 2.75) is 13.3 Å². The normalized spacial score (nSPS) is 22.7. The third-order valence-corrected chi connectivity index (χ3v) is 4.44. The fourth-order valence-electron chi connectivity index (χ4n) is 2.01. The molecule has 1 saturated carbocycles. The van der Waals surface area contributed by atoms with Crippen LogP contribution in [0.25, 0.3) is 10.2 Å². The van der Waals surface area contributed by atoms with E-state index in [1.165, 1.54) is 0 Å². The molecule has 1 heterocycles. The van der Waals surface area contributed by atoms with Crippen molar-refractivity contribution in [3.05, 3.63) is 24.3 Å². The van der Waals surface area contributed by atoms with Crippen molar-refractivity contribution in [3.8, 4) is 0 Å². The molecule has 1 aliphatic carbocycles. The van der Waals surface area contributed by atoms with Gasteiger partial charge in [0.05, 0.1) is 10.2 Å². The zero-order chi connectivity index (χ0) is 12.0. The molecular formula is C13H14N2OS. The summed E-state index contributed by atoms with van der Waals surface area (Å²) in [4.78, 5) is 18.3. The number of para-hydroxylation sites is 1. The molecule has 0 saturated heterocycles. The first-order chi connectivity index (χ1) is 8.16. The van der Waals surface area contributed by atoms with Gasteiger partial charge in [0.1, 0.15) is 0 Å². The minimum absolute atomic E-state index is 0.205. The first-order valence-corrected chi connectivity index (χ1v) is 6.61. The molecule has 3 rings (SSSR count). The number of fused-ring (bicyclic) bond motifs is 1.